The van der Waals surface area contributed by atoms with Crippen LogP contribution in [-0.2, 0) is 6.42 Å². The molecule has 0 aliphatic heterocycles. The summed E-state index contributed by atoms with van der Waals surface area (Å²) in [6, 6.07) is 7.49. The Morgan fingerprint density at radius 3 is 2.95 bits per heavy atom. The summed E-state index contributed by atoms with van der Waals surface area (Å²) in [5.74, 6) is -0.243. The van der Waals surface area contributed by atoms with Gasteiger partial charge in [0, 0.05) is 35.8 Å². The van der Waals surface area contributed by atoms with Crippen molar-refractivity contribution in [2.45, 2.75) is 6.42 Å². The molecule has 22 heavy (non-hydrogen) atoms. The lowest BCUT2D eigenvalue weighted by molar-refractivity contribution is 0.0924. The first-order valence-corrected chi connectivity index (χ1v) is 6.79. The van der Waals surface area contributed by atoms with Gasteiger partial charge in [-0.05, 0) is 30.2 Å². The number of hydrogen-bond donors (Lipinski definition) is 3. The van der Waals surface area contributed by atoms with Crippen LogP contribution < -0.4 is 10.7 Å². The van der Waals surface area contributed by atoms with E-state index in [1.165, 1.54) is 12.3 Å². The van der Waals surface area contributed by atoms with E-state index >= 15 is 0 Å². The van der Waals surface area contributed by atoms with Crippen LogP contribution in [0.1, 0.15) is 16.1 Å². The lowest BCUT2D eigenvalue weighted by Gasteiger charge is -2.04. The minimum atomic E-state index is -0.430. The molecule has 1 amide bonds. The van der Waals surface area contributed by atoms with Crippen LogP contribution >= 0.6 is 0 Å². The van der Waals surface area contributed by atoms with Crippen molar-refractivity contribution in [1.82, 2.24) is 10.3 Å². The van der Waals surface area contributed by atoms with Crippen LogP contribution in [0.2, 0.25) is 0 Å². The van der Waals surface area contributed by atoms with Crippen molar-refractivity contribution >= 4 is 16.8 Å². The molecular weight excluding hydrogens is 284 g/mol. The quantitative estimate of drug-likeness (QED) is 0.684. The monoisotopic (exact) mass is 298 g/mol. The summed E-state index contributed by atoms with van der Waals surface area (Å²) in [4.78, 5) is 26.1. The third kappa shape index (κ3) is 2.85. The number of aromatic hydroxyl groups is 1. The Morgan fingerprint density at radius 2 is 2.14 bits per heavy atom. The summed E-state index contributed by atoms with van der Waals surface area (Å²) in [5.41, 5.74) is 1.64. The Morgan fingerprint density at radius 1 is 1.27 bits per heavy atom. The van der Waals surface area contributed by atoms with Crippen molar-refractivity contribution in [3.05, 3.63) is 64.3 Å². The summed E-state index contributed by atoms with van der Waals surface area (Å²) in [6.07, 6.45) is 3.63. The van der Waals surface area contributed by atoms with Crippen molar-refractivity contribution in [3.63, 3.8) is 0 Å². The second kappa shape index (κ2) is 5.77. The Labute approximate surface area is 125 Å². The molecule has 0 bridgehead atoms. The zero-order valence-corrected chi connectivity index (χ0v) is 11.6. The number of hydrogen-bond acceptors (Lipinski definition) is 4. The third-order valence-electron chi connectivity index (χ3n) is 3.36. The Balaban J connectivity index is 1.66. The van der Waals surface area contributed by atoms with Gasteiger partial charge in [-0.25, -0.2) is 0 Å². The Hall–Kier alpha value is -3.02. The van der Waals surface area contributed by atoms with E-state index in [-0.39, 0.29) is 16.9 Å². The molecule has 0 unspecified atom stereocenters. The van der Waals surface area contributed by atoms with E-state index in [0.717, 1.165) is 22.5 Å². The van der Waals surface area contributed by atoms with Gasteiger partial charge in [-0.3, -0.25) is 9.59 Å². The maximum atomic E-state index is 11.9. The predicted octanol–water partition coefficient (Wildman–Crippen LogP) is 1.80. The maximum absolute atomic E-state index is 11.9. The summed E-state index contributed by atoms with van der Waals surface area (Å²) >= 11 is 0. The number of benzene rings is 1. The summed E-state index contributed by atoms with van der Waals surface area (Å²) < 4.78 is 4.99. The normalized spacial score (nSPS) is 10.7. The molecule has 0 aliphatic rings. The third-order valence-corrected chi connectivity index (χ3v) is 3.36. The van der Waals surface area contributed by atoms with Gasteiger partial charge in [0.2, 0.25) is 0 Å². The molecule has 112 valence electrons. The van der Waals surface area contributed by atoms with E-state index in [4.69, 9.17) is 4.42 Å². The van der Waals surface area contributed by atoms with Crippen LogP contribution in [0.15, 0.2) is 52.0 Å². The maximum Gasteiger partial charge on any atom is 0.287 e. The molecule has 0 saturated carbocycles. The number of fused-ring (bicyclic) bond motifs is 1. The molecule has 3 N–H and O–H groups in total. The van der Waals surface area contributed by atoms with E-state index in [1.807, 2.05) is 6.20 Å². The number of phenols is 1. The van der Waals surface area contributed by atoms with Crippen LogP contribution in [0.4, 0.5) is 0 Å². The summed E-state index contributed by atoms with van der Waals surface area (Å²) in [7, 11) is 0. The number of carbonyl (C=O) groups excluding carboxylic acids is 1. The standard InChI is InChI=1S/C16H14N2O4/c19-11-1-2-14-13(7-11)10(9-18-14)3-5-17-16(21)15-8-12(20)4-6-22-15/h1-2,4,6-9,18-19H,3,5H2,(H,17,21). The van der Waals surface area contributed by atoms with Crippen molar-refractivity contribution in [1.29, 1.82) is 0 Å². The first-order valence-electron chi connectivity index (χ1n) is 6.79. The van der Waals surface area contributed by atoms with Crippen molar-refractivity contribution in [2.75, 3.05) is 6.54 Å². The van der Waals surface area contributed by atoms with Gasteiger partial charge in [-0.1, -0.05) is 0 Å². The molecule has 2 heterocycles. The lowest BCUT2D eigenvalue weighted by atomic mass is 10.1. The predicted molar refractivity (Wildman–Crippen MR) is 81.0 cm³/mol. The molecule has 6 heteroatoms. The minimum Gasteiger partial charge on any atom is -0.508 e. The number of aromatic amines is 1. The fourth-order valence-corrected chi connectivity index (χ4v) is 2.28. The molecule has 3 rings (SSSR count). The number of phenolic OH excluding ortho intramolecular Hbond substituents is 1. The molecule has 0 radical (unpaired) electrons. The van der Waals surface area contributed by atoms with Gasteiger partial charge in [0.05, 0.1) is 6.26 Å². The highest BCUT2D eigenvalue weighted by Gasteiger charge is 2.09. The van der Waals surface area contributed by atoms with Crippen LogP contribution in [0, 0.1) is 0 Å². The Bertz CT molecular complexity index is 879. The molecule has 0 aliphatic carbocycles. The number of amides is 1. The molecule has 3 aromatic rings. The summed E-state index contributed by atoms with van der Waals surface area (Å²) in [5, 5.41) is 13.1. The van der Waals surface area contributed by atoms with Gasteiger partial charge >= 0.3 is 0 Å². The molecule has 1 aromatic carbocycles. The van der Waals surface area contributed by atoms with Gasteiger partial charge < -0.3 is 19.8 Å². The fraction of sp³-hybridized carbons (Fsp3) is 0.125. The fourth-order valence-electron chi connectivity index (χ4n) is 2.28. The number of nitrogens with one attached hydrogen (secondary N) is 2. The SMILES string of the molecule is O=C(NCCc1c[nH]c2ccc(O)cc12)c1cc(=O)cco1. The van der Waals surface area contributed by atoms with Crippen LogP contribution in [0.5, 0.6) is 5.75 Å². The highest BCUT2D eigenvalue weighted by molar-refractivity contribution is 5.91. The lowest BCUT2D eigenvalue weighted by Crippen LogP contribution is -2.26. The van der Waals surface area contributed by atoms with Gasteiger partial charge in [-0.15, -0.1) is 0 Å². The second-order valence-corrected chi connectivity index (χ2v) is 4.88. The van der Waals surface area contributed by atoms with E-state index in [0.29, 0.717) is 13.0 Å². The molecule has 2 aromatic heterocycles. The van der Waals surface area contributed by atoms with Gasteiger partial charge in [0.1, 0.15) is 5.75 Å². The largest absolute Gasteiger partial charge is 0.508 e. The van der Waals surface area contributed by atoms with Gasteiger partial charge in [-0.2, -0.15) is 0 Å². The average molecular weight is 298 g/mol. The summed E-state index contributed by atoms with van der Waals surface area (Å²) in [6.45, 7) is 0.389. The first kappa shape index (κ1) is 13.9. The van der Waals surface area contributed by atoms with E-state index in [9.17, 15) is 14.7 Å². The smallest absolute Gasteiger partial charge is 0.287 e. The van der Waals surface area contributed by atoms with E-state index in [1.54, 1.807) is 18.2 Å². The topological polar surface area (TPSA) is 95.3 Å². The van der Waals surface area contributed by atoms with E-state index < -0.39 is 5.91 Å². The average Bonchev–Trinajstić information content (AvgIpc) is 2.89. The van der Waals surface area contributed by atoms with Crippen molar-refractivity contribution < 1.29 is 14.3 Å². The number of rotatable bonds is 4. The van der Waals surface area contributed by atoms with Crippen LogP contribution in [0.25, 0.3) is 10.9 Å². The first-order chi connectivity index (χ1) is 10.6. The molecule has 0 spiro atoms. The van der Waals surface area contributed by atoms with Crippen LogP contribution in [-0.4, -0.2) is 22.5 Å². The molecule has 0 fully saturated rings. The second-order valence-electron chi connectivity index (χ2n) is 4.88. The Kier molecular flexibility index (Phi) is 3.65. The number of H-pyrrole nitrogens is 1. The zero-order valence-electron chi connectivity index (χ0n) is 11.6. The van der Waals surface area contributed by atoms with Crippen LogP contribution in [0.3, 0.4) is 0 Å². The molecule has 6 nitrogen and oxygen atoms in total. The molecule has 0 atom stereocenters. The highest BCUT2D eigenvalue weighted by atomic mass is 16.3. The van der Waals surface area contributed by atoms with Crippen molar-refractivity contribution in [3.8, 4) is 5.75 Å². The van der Waals surface area contributed by atoms with Gasteiger partial charge in [0.15, 0.2) is 11.2 Å². The molecular formula is C16H14N2O4. The molecule has 0 saturated heterocycles. The van der Waals surface area contributed by atoms with Gasteiger partial charge in [0.25, 0.3) is 5.91 Å². The highest BCUT2D eigenvalue weighted by Crippen LogP contribution is 2.22. The minimum absolute atomic E-state index is 0.0101. The van der Waals surface area contributed by atoms with Crippen molar-refractivity contribution in [2.24, 2.45) is 0 Å². The zero-order chi connectivity index (χ0) is 15.5. The van der Waals surface area contributed by atoms with E-state index in [2.05, 4.69) is 10.3 Å². The number of carbonyl (C=O) groups is 1. The number of aromatic nitrogens is 1.